The zero-order valence-electron chi connectivity index (χ0n) is 19.2. The first kappa shape index (κ1) is 23.7. The highest BCUT2D eigenvalue weighted by molar-refractivity contribution is 5.93. The molecule has 10 heteroatoms. The molecule has 34 heavy (non-hydrogen) atoms. The third-order valence-electron chi connectivity index (χ3n) is 5.97. The molecule has 1 amide bonds. The number of hydrogen-bond donors (Lipinski definition) is 3. The number of rotatable bonds is 11. The van der Waals surface area contributed by atoms with E-state index in [2.05, 4.69) is 26.5 Å². The maximum Gasteiger partial charge on any atom is 0.248 e. The van der Waals surface area contributed by atoms with E-state index >= 15 is 0 Å². The summed E-state index contributed by atoms with van der Waals surface area (Å²) in [7, 11) is 0. The summed E-state index contributed by atoms with van der Waals surface area (Å²) in [6.07, 6.45) is 6.68. The Morgan fingerprint density at radius 2 is 1.85 bits per heavy atom. The fourth-order valence-corrected chi connectivity index (χ4v) is 4.03. The van der Waals surface area contributed by atoms with Crippen molar-refractivity contribution >= 4 is 22.9 Å². The summed E-state index contributed by atoms with van der Waals surface area (Å²) in [6, 6.07) is 7.02. The lowest BCUT2D eigenvalue weighted by Crippen LogP contribution is -2.37. The number of nitrogens with one attached hydrogen (secondary N) is 1. The second-order valence-corrected chi connectivity index (χ2v) is 8.40. The van der Waals surface area contributed by atoms with E-state index in [1.807, 2.05) is 18.5 Å². The van der Waals surface area contributed by atoms with Gasteiger partial charge >= 0.3 is 0 Å². The zero-order chi connectivity index (χ0) is 23.9. The second-order valence-electron chi connectivity index (χ2n) is 8.40. The monoisotopic (exact) mass is 465 g/mol. The van der Waals surface area contributed by atoms with Crippen LogP contribution in [0, 0.1) is 0 Å². The molecule has 4 N–H and O–H groups in total. The SMILES string of the molecule is C=C(CCCCCCn1cnc2c(N3CCOCC3)nc(-c3ccc(C(N)=O)cc3)nc21)NO. The van der Waals surface area contributed by atoms with Gasteiger partial charge in [-0.1, -0.05) is 31.6 Å². The molecule has 180 valence electrons. The van der Waals surface area contributed by atoms with E-state index in [9.17, 15) is 4.79 Å². The molecule has 1 aliphatic heterocycles. The number of carbonyl (C=O) groups excluding carboxylic acids is 1. The van der Waals surface area contributed by atoms with Gasteiger partial charge in [0.1, 0.15) is 0 Å². The average Bonchev–Trinajstić information content (AvgIpc) is 3.28. The fourth-order valence-electron chi connectivity index (χ4n) is 4.03. The number of nitrogens with two attached hydrogens (primary N) is 1. The quantitative estimate of drug-likeness (QED) is 0.291. The number of carbonyl (C=O) groups is 1. The number of fused-ring (bicyclic) bond motifs is 1. The number of ether oxygens (including phenoxy) is 1. The molecule has 0 radical (unpaired) electrons. The lowest BCUT2D eigenvalue weighted by Gasteiger charge is -2.28. The van der Waals surface area contributed by atoms with Crippen molar-refractivity contribution in [1.29, 1.82) is 0 Å². The summed E-state index contributed by atoms with van der Waals surface area (Å²) in [5.74, 6) is 0.921. The van der Waals surface area contributed by atoms with E-state index in [-0.39, 0.29) is 0 Å². The number of aromatic nitrogens is 4. The molecule has 0 saturated carbocycles. The molecular weight excluding hydrogens is 434 g/mol. The molecule has 3 aromatic rings. The van der Waals surface area contributed by atoms with Crippen LogP contribution in [0.15, 0.2) is 42.9 Å². The molecule has 10 nitrogen and oxygen atoms in total. The van der Waals surface area contributed by atoms with Crippen LogP contribution in [-0.4, -0.2) is 56.9 Å². The minimum absolute atomic E-state index is 0.446. The Labute approximate surface area is 198 Å². The number of unbranched alkanes of at least 4 members (excludes halogenated alkanes) is 3. The van der Waals surface area contributed by atoms with E-state index < -0.39 is 5.91 Å². The van der Waals surface area contributed by atoms with Gasteiger partial charge in [-0.3, -0.25) is 15.5 Å². The van der Waals surface area contributed by atoms with Gasteiger partial charge in [0, 0.05) is 36.5 Å². The van der Waals surface area contributed by atoms with Crippen molar-refractivity contribution < 1.29 is 14.7 Å². The smallest absolute Gasteiger partial charge is 0.248 e. The van der Waals surface area contributed by atoms with Gasteiger partial charge in [0.15, 0.2) is 22.8 Å². The Hall–Kier alpha value is -3.50. The molecule has 0 spiro atoms. The van der Waals surface area contributed by atoms with Gasteiger partial charge in [-0.25, -0.2) is 15.0 Å². The minimum Gasteiger partial charge on any atom is -0.378 e. The van der Waals surface area contributed by atoms with Crippen LogP contribution in [0.4, 0.5) is 5.82 Å². The van der Waals surface area contributed by atoms with Crippen molar-refractivity contribution in [2.45, 2.75) is 38.6 Å². The molecule has 1 saturated heterocycles. The van der Waals surface area contributed by atoms with Gasteiger partial charge in [0.2, 0.25) is 5.91 Å². The van der Waals surface area contributed by atoms with E-state index in [0.29, 0.717) is 30.3 Å². The third kappa shape index (κ3) is 5.52. The predicted molar refractivity (Wildman–Crippen MR) is 129 cm³/mol. The van der Waals surface area contributed by atoms with Crippen LogP contribution in [0.1, 0.15) is 42.5 Å². The van der Waals surface area contributed by atoms with Crippen molar-refractivity contribution in [1.82, 2.24) is 25.0 Å². The molecule has 1 aromatic carbocycles. The average molecular weight is 466 g/mol. The Balaban J connectivity index is 1.57. The number of nitrogens with zero attached hydrogens (tertiary/aromatic N) is 5. The number of imidazole rings is 1. The summed E-state index contributed by atoms with van der Waals surface area (Å²) in [5.41, 5.74) is 11.0. The summed E-state index contributed by atoms with van der Waals surface area (Å²) in [5, 5.41) is 8.82. The number of aryl methyl sites for hydroxylation is 1. The number of hydroxylamine groups is 1. The Morgan fingerprint density at radius 3 is 2.56 bits per heavy atom. The number of anilines is 1. The number of benzene rings is 1. The van der Waals surface area contributed by atoms with Gasteiger partial charge in [-0.15, -0.1) is 0 Å². The van der Waals surface area contributed by atoms with Gasteiger partial charge in [-0.2, -0.15) is 0 Å². The summed E-state index contributed by atoms with van der Waals surface area (Å²) in [4.78, 5) is 28.0. The molecule has 2 aromatic heterocycles. The molecule has 0 bridgehead atoms. The van der Waals surface area contributed by atoms with Crippen molar-refractivity contribution in [2.75, 3.05) is 31.2 Å². The molecule has 0 aliphatic carbocycles. The summed E-state index contributed by atoms with van der Waals surface area (Å²) in [6.45, 7) is 7.32. The lowest BCUT2D eigenvalue weighted by molar-refractivity contribution is 0.1000. The largest absolute Gasteiger partial charge is 0.378 e. The lowest BCUT2D eigenvalue weighted by atomic mass is 10.1. The highest BCUT2D eigenvalue weighted by Crippen LogP contribution is 2.28. The normalized spacial score (nSPS) is 13.9. The van der Waals surface area contributed by atoms with Crippen molar-refractivity contribution in [3.05, 3.63) is 48.4 Å². The van der Waals surface area contributed by atoms with E-state index in [0.717, 1.165) is 74.3 Å². The molecule has 3 heterocycles. The molecule has 1 fully saturated rings. The zero-order valence-corrected chi connectivity index (χ0v) is 19.2. The van der Waals surface area contributed by atoms with E-state index in [1.54, 1.807) is 12.1 Å². The van der Waals surface area contributed by atoms with Crippen LogP contribution >= 0.6 is 0 Å². The van der Waals surface area contributed by atoms with Gasteiger partial charge < -0.3 is 19.9 Å². The number of morpholine rings is 1. The van der Waals surface area contributed by atoms with E-state index in [4.69, 9.17) is 25.6 Å². The Bertz CT molecular complexity index is 1140. The van der Waals surface area contributed by atoms with Crippen molar-refractivity contribution in [2.24, 2.45) is 5.73 Å². The molecular formula is C24H31N7O3. The van der Waals surface area contributed by atoms with Gasteiger partial charge in [-0.05, 0) is 31.4 Å². The summed E-state index contributed by atoms with van der Waals surface area (Å²) < 4.78 is 7.60. The number of amides is 1. The van der Waals surface area contributed by atoms with E-state index in [1.165, 1.54) is 0 Å². The first-order valence-electron chi connectivity index (χ1n) is 11.6. The Morgan fingerprint density at radius 1 is 1.12 bits per heavy atom. The fraction of sp³-hybridized carbons (Fsp3) is 0.417. The predicted octanol–water partition coefficient (Wildman–Crippen LogP) is 2.87. The summed E-state index contributed by atoms with van der Waals surface area (Å²) >= 11 is 0. The highest BCUT2D eigenvalue weighted by Gasteiger charge is 2.21. The number of allylic oxidation sites excluding steroid dienone is 1. The molecule has 0 unspecified atom stereocenters. The molecule has 1 aliphatic rings. The highest BCUT2D eigenvalue weighted by atomic mass is 16.5. The standard InChI is InChI=1S/C24H31N7O3/c1-17(29-33)6-4-2-3-5-11-31-16-26-20-23(30-12-14-34-15-13-30)27-22(28-24(20)31)19-9-7-18(8-10-19)21(25)32/h7-10,16,29,33H,1-6,11-15H2,(H2,25,32). The van der Waals surface area contributed by atoms with Crippen LogP contribution in [0.2, 0.25) is 0 Å². The third-order valence-corrected chi connectivity index (χ3v) is 5.97. The first-order chi connectivity index (χ1) is 16.6. The maximum absolute atomic E-state index is 11.5. The van der Waals surface area contributed by atoms with Crippen LogP contribution in [-0.2, 0) is 11.3 Å². The van der Waals surface area contributed by atoms with Crippen molar-refractivity contribution in [3.8, 4) is 11.4 Å². The minimum atomic E-state index is -0.466. The second kappa shape index (κ2) is 11.1. The van der Waals surface area contributed by atoms with Crippen LogP contribution in [0.5, 0.6) is 0 Å². The number of hydrogen-bond acceptors (Lipinski definition) is 8. The van der Waals surface area contributed by atoms with Crippen LogP contribution < -0.4 is 16.1 Å². The van der Waals surface area contributed by atoms with Gasteiger partial charge in [0.25, 0.3) is 0 Å². The van der Waals surface area contributed by atoms with Crippen molar-refractivity contribution in [3.63, 3.8) is 0 Å². The molecule has 4 rings (SSSR count). The first-order valence-corrected chi connectivity index (χ1v) is 11.6. The topological polar surface area (TPSA) is 131 Å². The number of primary amides is 1. The molecule has 0 atom stereocenters. The maximum atomic E-state index is 11.5. The Kier molecular flexibility index (Phi) is 7.71. The van der Waals surface area contributed by atoms with Gasteiger partial charge in [0.05, 0.1) is 19.5 Å². The van der Waals surface area contributed by atoms with Crippen LogP contribution in [0.25, 0.3) is 22.6 Å². The van der Waals surface area contributed by atoms with Crippen LogP contribution in [0.3, 0.4) is 0 Å².